The van der Waals surface area contributed by atoms with Gasteiger partial charge in [-0.05, 0) is 25.0 Å². The first-order valence-electron chi connectivity index (χ1n) is 5.56. The number of hydrogen-bond donors (Lipinski definition) is 1. The molecule has 0 aliphatic rings. The monoisotopic (exact) mass is 219 g/mol. The Bertz CT molecular complexity index is 490. The topological polar surface area (TPSA) is 50.4 Å². The Labute approximate surface area is 94.9 Å². The first-order chi connectivity index (χ1) is 7.63. The lowest BCUT2D eigenvalue weighted by atomic mass is 9.96. The van der Waals surface area contributed by atoms with E-state index in [1.807, 2.05) is 29.6 Å². The number of aliphatic hydroxyl groups is 1. The van der Waals surface area contributed by atoms with Gasteiger partial charge in [0.25, 0.3) is 0 Å². The van der Waals surface area contributed by atoms with Gasteiger partial charge in [-0.1, -0.05) is 19.9 Å². The van der Waals surface area contributed by atoms with Gasteiger partial charge >= 0.3 is 0 Å². The van der Waals surface area contributed by atoms with Crippen LogP contribution < -0.4 is 0 Å². The number of nitrogens with zero attached hydrogens (tertiary/aromatic N) is 3. The number of rotatable bonds is 3. The van der Waals surface area contributed by atoms with Gasteiger partial charge < -0.3 is 5.11 Å². The van der Waals surface area contributed by atoms with Crippen molar-refractivity contribution in [3.63, 3.8) is 0 Å². The molecule has 2 rings (SSSR count). The summed E-state index contributed by atoms with van der Waals surface area (Å²) < 4.78 is 1.82. The zero-order valence-corrected chi connectivity index (χ0v) is 9.88. The number of pyridine rings is 1. The van der Waals surface area contributed by atoms with Gasteiger partial charge in [0.2, 0.25) is 0 Å². The molecule has 0 aliphatic heterocycles. The molecule has 16 heavy (non-hydrogen) atoms. The Morgan fingerprint density at radius 3 is 2.69 bits per heavy atom. The van der Waals surface area contributed by atoms with Crippen molar-refractivity contribution >= 4 is 5.65 Å². The first kappa shape index (κ1) is 11.1. The number of aliphatic hydroxyl groups excluding tert-OH is 1. The highest BCUT2D eigenvalue weighted by Crippen LogP contribution is 2.21. The molecule has 4 nitrogen and oxygen atoms in total. The van der Waals surface area contributed by atoms with Crippen LogP contribution in [0.2, 0.25) is 0 Å². The van der Waals surface area contributed by atoms with Crippen LogP contribution in [0.4, 0.5) is 0 Å². The maximum Gasteiger partial charge on any atom is 0.157 e. The van der Waals surface area contributed by atoms with Crippen LogP contribution in [0.25, 0.3) is 5.65 Å². The molecule has 1 atom stereocenters. The molecule has 0 amide bonds. The predicted octanol–water partition coefficient (Wildman–Crippen LogP) is 1.77. The fraction of sp³-hybridized carbons (Fsp3) is 0.500. The van der Waals surface area contributed by atoms with Crippen molar-refractivity contribution in [2.45, 2.75) is 26.7 Å². The van der Waals surface area contributed by atoms with E-state index < -0.39 is 0 Å². The van der Waals surface area contributed by atoms with Crippen molar-refractivity contribution in [1.29, 1.82) is 0 Å². The van der Waals surface area contributed by atoms with Crippen molar-refractivity contribution in [2.75, 3.05) is 6.61 Å². The molecule has 4 heteroatoms. The van der Waals surface area contributed by atoms with E-state index in [4.69, 9.17) is 0 Å². The average molecular weight is 219 g/mol. The van der Waals surface area contributed by atoms with E-state index in [1.54, 1.807) is 0 Å². The van der Waals surface area contributed by atoms with Gasteiger partial charge in [-0.25, -0.2) is 9.50 Å². The summed E-state index contributed by atoms with van der Waals surface area (Å²) in [6.45, 7) is 6.22. The Kier molecular flexibility index (Phi) is 2.92. The van der Waals surface area contributed by atoms with E-state index in [1.165, 1.54) is 0 Å². The van der Waals surface area contributed by atoms with Crippen molar-refractivity contribution in [3.8, 4) is 0 Å². The van der Waals surface area contributed by atoms with Gasteiger partial charge in [0, 0.05) is 11.6 Å². The highest BCUT2D eigenvalue weighted by molar-refractivity contribution is 5.39. The van der Waals surface area contributed by atoms with Crippen molar-refractivity contribution < 1.29 is 5.11 Å². The predicted molar refractivity (Wildman–Crippen MR) is 62.4 cm³/mol. The van der Waals surface area contributed by atoms with Gasteiger partial charge in [-0.15, -0.1) is 0 Å². The molecule has 1 N–H and O–H groups in total. The maximum atomic E-state index is 9.36. The fourth-order valence-electron chi connectivity index (χ4n) is 1.80. The average Bonchev–Trinajstić information content (AvgIpc) is 2.63. The molecular weight excluding hydrogens is 202 g/mol. The summed E-state index contributed by atoms with van der Waals surface area (Å²) in [4.78, 5) is 4.46. The van der Waals surface area contributed by atoms with E-state index >= 15 is 0 Å². The summed E-state index contributed by atoms with van der Waals surface area (Å²) in [7, 11) is 0. The van der Waals surface area contributed by atoms with Crippen LogP contribution >= 0.6 is 0 Å². The van der Waals surface area contributed by atoms with Crippen LogP contribution in [0.15, 0.2) is 18.2 Å². The minimum atomic E-state index is 0.0132. The second-order valence-electron chi connectivity index (χ2n) is 4.44. The molecule has 0 aliphatic carbocycles. The summed E-state index contributed by atoms with van der Waals surface area (Å²) >= 11 is 0. The standard InChI is InChI=1S/C12H17N3O/c1-8(2)10(7-16)12-13-11-6-4-5-9(3)15(11)14-12/h4-6,8,10,16H,7H2,1-3H3. The Morgan fingerprint density at radius 2 is 2.12 bits per heavy atom. The molecular formula is C12H17N3O. The Balaban J connectivity index is 2.50. The zero-order chi connectivity index (χ0) is 11.7. The molecule has 1 unspecified atom stereocenters. The lowest BCUT2D eigenvalue weighted by Gasteiger charge is -2.13. The summed E-state index contributed by atoms with van der Waals surface area (Å²) in [6.07, 6.45) is 0. The molecule has 2 aromatic rings. The highest BCUT2D eigenvalue weighted by Gasteiger charge is 2.19. The first-order valence-corrected chi connectivity index (χ1v) is 5.56. The molecule has 0 saturated carbocycles. The summed E-state index contributed by atoms with van der Waals surface area (Å²) in [6, 6.07) is 5.89. The third-order valence-electron chi connectivity index (χ3n) is 2.90. The number of aryl methyl sites for hydroxylation is 1. The van der Waals surface area contributed by atoms with Gasteiger partial charge in [0.15, 0.2) is 11.5 Å². The van der Waals surface area contributed by atoms with E-state index in [0.717, 1.165) is 17.2 Å². The third-order valence-corrected chi connectivity index (χ3v) is 2.90. The van der Waals surface area contributed by atoms with Gasteiger partial charge in [-0.2, -0.15) is 5.10 Å². The smallest absolute Gasteiger partial charge is 0.157 e. The lowest BCUT2D eigenvalue weighted by molar-refractivity contribution is 0.232. The molecule has 0 aromatic carbocycles. The third kappa shape index (κ3) is 1.80. The largest absolute Gasteiger partial charge is 0.396 e. The Hall–Kier alpha value is -1.42. The van der Waals surface area contributed by atoms with E-state index in [9.17, 15) is 5.11 Å². The van der Waals surface area contributed by atoms with Gasteiger partial charge in [-0.3, -0.25) is 0 Å². The molecule has 0 fully saturated rings. The van der Waals surface area contributed by atoms with E-state index in [0.29, 0.717) is 5.92 Å². The SMILES string of the molecule is Cc1cccc2nc(C(CO)C(C)C)nn12. The summed E-state index contributed by atoms with van der Waals surface area (Å²) in [5.41, 5.74) is 1.89. The molecule has 0 radical (unpaired) electrons. The minimum absolute atomic E-state index is 0.0132. The van der Waals surface area contributed by atoms with Crippen LogP contribution in [0, 0.1) is 12.8 Å². The van der Waals surface area contributed by atoms with E-state index in [-0.39, 0.29) is 12.5 Å². The molecule has 86 valence electrons. The maximum absolute atomic E-state index is 9.36. The number of fused-ring (bicyclic) bond motifs is 1. The summed E-state index contributed by atoms with van der Waals surface area (Å²) in [5, 5.41) is 13.8. The molecule has 0 saturated heterocycles. The van der Waals surface area contributed by atoms with Gasteiger partial charge in [0.1, 0.15) is 0 Å². The quantitative estimate of drug-likeness (QED) is 0.856. The highest BCUT2D eigenvalue weighted by atomic mass is 16.3. The lowest BCUT2D eigenvalue weighted by Crippen LogP contribution is -2.13. The van der Waals surface area contributed by atoms with E-state index in [2.05, 4.69) is 23.9 Å². The van der Waals surface area contributed by atoms with Gasteiger partial charge in [0.05, 0.1) is 6.61 Å². The van der Waals surface area contributed by atoms with Crippen LogP contribution in [-0.4, -0.2) is 26.3 Å². The van der Waals surface area contributed by atoms with Crippen LogP contribution in [-0.2, 0) is 0 Å². The van der Waals surface area contributed by atoms with Crippen LogP contribution in [0.3, 0.4) is 0 Å². The zero-order valence-electron chi connectivity index (χ0n) is 9.88. The fourth-order valence-corrected chi connectivity index (χ4v) is 1.80. The second kappa shape index (κ2) is 4.22. The summed E-state index contributed by atoms with van der Waals surface area (Å²) in [5.74, 6) is 1.08. The van der Waals surface area contributed by atoms with Crippen molar-refractivity contribution in [2.24, 2.45) is 5.92 Å². The van der Waals surface area contributed by atoms with Crippen molar-refractivity contribution in [1.82, 2.24) is 14.6 Å². The van der Waals surface area contributed by atoms with Crippen molar-refractivity contribution in [3.05, 3.63) is 29.7 Å². The number of aromatic nitrogens is 3. The Morgan fingerprint density at radius 1 is 1.38 bits per heavy atom. The van der Waals surface area contributed by atoms with Crippen LogP contribution in [0.1, 0.15) is 31.3 Å². The second-order valence-corrected chi connectivity index (χ2v) is 4.44. The molecule has 0 spiro atoms. The molecule has 0 bridgehead atoms. The van der Waals surface area contributed by atoms with Crippen LogP contribution in [0.5, 0.6) is 0 Å². The normalized spacial score (nSPS) is 13.6. The molecule has 2 heterocycles. The minimum Gasteiger partial charge on any atom is -0.396 e. The number of hydrogen-bond acceptors (Lipinski definition) is 3. The molecule has 2 aromatic heterocycles.